The average molecular weight is 913 g/mol. The van der Waals surface area contributed by atoms with Gasteiger partial charge in [0.1, 0.15) is 0 Å². The van der Waals surface area contributed by atoms with Crippen LogP contribution >= 0.6 is 0 Å². The molecule has 0 saturated carbocycles. The molecule has 1 aliphatic carbocycles. The Balaban J connectivity index is 1.23. The molecule has 0 spiro atoms. The van der Waals surface area contributed by atoms with Crippen LogP contribution in [-0.2, 0) is 5.41 Å². The zero-order valence-electron chi connectivity index (χ0n) is 43.1. The minimum Gasteiger partial charge on any atom is -0.248 e. The van der Waals surface area contributed by atoms with Gasteiger partial charge < -0.3 is 0 Å². The Morgan fingerprint density at radius 2 is 0.913 bits per heavy atom. The molecule has 0 N–H and O–H groups in total. The van der Waals surface area contributed by atoms with Crippen molar-refractivity contribution in [3.8, 4) is 22.3 Å². The van der Waals surface area contributed by atoms with Crippen LogP contribution in [0.4, 0.5) is 0 Å². The Bertz CT molecular complexity index is 2820. The monoisotopic (exact) mass is 913 g/mol. The number of pyridine rings is 2. The fraction of sp³-hybridized carbons (Fsp3) is 0.403. The summed E-state index contributed by atoms with van der Waals surface area (Å²) in [7, 11) is 0. The van der Waals surface area contributed by atoms with Crippen LogP contribution in [0, 0.1) is 0 Å². The Labute approximate surface area is 416 Å². The maximum Gasteiger partial charge on any atom is 0.0709 e. The molecule has 0 amide bonds. The number of hydrogen-bond acceptors (Lipinski definition) is 2. The van der Waals surface area contributed by atoms with E-state index >= 15 is 0 Å². The van der Waals surface area contributed by atoms with Gasteiger partial charge in [-0.25, -0.2) is 9.97 Å². The predicted octanol–water partition coefficient (Wildman–Crippen LogP) is 20.4. The van der Waals surface area contributed by atoms with Crippen LogP contribution < -0.4 is 0 Å². The summed E-state index contributed by atoms with van der Waals surface area (Å²) >= 11 is 0. The van der Waals surface area contributed by atoms with E-state index in [4.69, 9.17) is 9.97 Å². The van der Waals surface area contributed by atoms with Gasteiger partial charge in [0.25, 0.3) is 0 Å². The summed E-state index contributed by atoms with van der Waals surface area (Å²) in [5.74, 6) is 0.811. The number of benzene rings is 5. The SMILES string of the molecule is CCCCCCCCCCC1(CCCCCCCCCC)c2cc(-c3cc(/C=C/c4ccc5ccccc5n4)c(C(C)C)cc3/C=C/c3ccc4ccccc4n3)ccc2-c2ccc(C(C)C)cc21. The second-order valence-corrected chi connectivity index (χ2v) is 21.0. The highest BCUT2D eigenvalue weighted by Gasteiger charge is 2.42. The molecule has 2 aromatic heterocycles. The quantitative estimate of drug-likeness (QED) is 0.0534. The molecule has 0 saturated heterocycles. The van der Waals surface area contributed by atoms with Gasteiger partial charge in [-0.15, -0.1) is 0 Å². The van der Waals surface area contributed by atoms with Crippen LogP contribution in [0.15, 0.2) is 121 Å². The molecule has 69 heavy (non-hydrogen) atoms. The molecule has 2 heteroatoms. The number of para-hydroxylation sites is 2. The van der Waals surface area contributed by atoms with Gasteiger partial charge in [0.05, 0.1) is 22.4 Å². The topological polar surface area (TPSA) is 25.8 Å². The summed E-state index contributed by atoms with van der Waals surface area (Å²) in [4.78, 5) is 10.1. The van der Waals surface area contributed by atoms with E-state index in [2.05, 4.69) is 187 Å². The first-order chi connectivity index (χ1) is 33.8. The molecular formula is C67H80N2. The van der Waals surface area contributed by atoms with Gasteiger partial charge in [-0.3, -0.25) is 0 Å². The van der Waals surface area contributed by atoms with Crippen molar-refractivity contribution in [1.29, 1.82) is 0 Å². The molecule has 7 aromatic rings. The van der Waals surface area contributed by atoms with E-state index in [1.807, 2.05) is 0 Å². The maximum atomic E-state index is 5.08. The third-order valence-electron chi connectivity index (χ3n) is 15.3. The Kier molecular flexibility index (Phi) is 17.5. The fourth-order valence-electron chi connectivity index (χ4n) is 11.2. The first kappa shape index (κ1) is 49.8. The second-order valence-electron chi connectivity index (χ2n) is 21.0. The molecule has 2 nitrogen and oxygen atoms in total. The second kappa shape index (κ2) is 24.3. The van der Waals surface area contributed by atoms with E-state index in [1.165, 1.54) is 160 Å². The highest BCUT2D eigenvalue weighted by molar-refractivity contribution is 5.90. The van der Waals surface area contributed by atoms with Crippen LogP contribution in [0.2, 0.25) is 0 Å². The van der Waals surface area contributed by atoms with Crippen molar-refractivity contribution in [1.82, 2.24) is 9.97 Å². The van der Waals surface area contributed by atoms with Crippen LogP contribution in [0.1, 0.15) is 214 Å². The number of unbranched alkanes of at least 4 members (excludes halogenated alkanes) is 14. The molecule has 1 aliphatic rings. The Morgan fingerprint density at radius 1 is 0.420 bits per heavy atom. The van der Waals surface area contributed by atoms with Gasteiger partial charge >= 0.3 is 0 Å². The number of aromatic nitrogens is 2. The van der Waals surface area contributed by atoms with E-state index in [1.54, 1.807) is 11.1 Å². The summed E-state index contributed by atoms with van der Waals surface area (Å²) in [6, 6.07) is 45.5. The first-order valence-corrected chi connectivity index (χ1v) is 27.3. The lowest BCUT2D eigenvalue weighted by molar-refractivity contribution is 0.397. The van der Waals surface area contributed by atoms with E-state index in [0.717, 1.165) is 33.2 Å². The van der Waals surface area contributed by atoms with E-state index in [9.17, 15) is 0 Å². The minimum atomic E-state index is -0.0105. The third-order valence-corrected chi connectivity index (χ3v) is 15.3. The molecule has 0 bridgehead atoms. The van der Waals surface area contributed by atoms with Gasteiger partial charge in [0, 0.05) is 16.2 Å². The average Bonchev–Trinajstić information content (AvgIpc) is 3.64. The molecule has 5 aromatic carbocycles. The Hall–Kier alpha value is -5.60. The van der Waals surface area contributed by atoms with Crippen LogP contribution in [0.5, 0.6) is 0 Å². The van der Waals surface area contributed by atoms with E-state index < -0.39 is 0 Å². The van der Waals surface area contributed by atoms with Gasteiger partial charge in [-0.1, -0.05) is 241 Å². The number of fused-ring (bicyclic) bond motifs is 5. The van der Waals surface area contributed by atoms with Crippen molar-refractivity contribution >= 4 is 46.1 Å². The van der Waals surface area contributed by atoms with E-state index in [0.29, 0.717) is 11.8 Å². The lowest BCUT2D eigenvalue weighted by Crippen LogP contribution is -2.26. The first-order valence-electron chi connectivity index (χ1n) is 27.3. The highest BCUT2D eigenvalue weighted by atomic mass is 14.7. The lowest BCUT2D eigenvalue weighted by Gasteiger charge is -2.34. The molecule has 8 rings (SSSR count). The zero-order chi connectivity index (χ0) is 48.0. The van der Waals surface area contributed by atoms with E-state index in [-0.39, 0.29) is 5.41 Å². The number of hydrogen-bond donors (Lipinski definition) is 0. The summed E-state index contributed by atoms with van der Waals surface area (Å²) in [5, 5.41) is 2.33. The van der Waals surface area contributed by atoms with Crippen molar-refractivity contribution in [2.24, 2.45) is 0 Å². The maximum absolute atomic E-state index is 5.08. The highest BCUT2D eigenvalue weighted by Crippen LogP contribution is 2.56. The van der Waals surface area contributed by atoms with Crippen LogP contribution in [0.25, 0.3) is 68.4 Å². The van der Waals surface area contributed by atoms with Crippen molar-refractivity contribution in [3.05, 3.63) is 166 Å². The summed E-state index contributed by atoms with van der Waals surface area (Å²) in [6.45, 7) is 14.0. The predicted molar refractivity (Wildman–Crippen MR) is 302 cm³/mol. The van der Waals surface area contributed by atoms with Gasteiger partial charge in [-0.05, 0) is 129 Å². The fourth-order valence-corrected chi connectivity index (χ4v) is 11.2. The molecular weight excluding hydrogens is 833 g/mol. The van der Waals surface area contributed by atoms with Crippen molar-refractivity contribution in [2.75, 3.05) is 0 Å². The summed E-state index contributed by atoms with van der Waals surface area (Å²) < 4.78 is 0. The van der Waals surface area contributed by atoms with Crippen molar-refractivity contribution < 1.29 is 0 Å². The molecule has 0 fully saturated rings. The van der Waals surface area contributed by atoms with Crippen LogP contribution in [-0.4, -0.2) is 9.97 Å². The summed E-state index contributed by atoms with van der Waals surface area (Å²) in [5.41, 5.74) is 17.8. The normalized spacial score (nSPS) is 13.2. The number of rotatable bonds is 25. The smallest absolute Gasteiger partial charge is 0.0709 e. The minimum absolute atomic E-state index is 0.0105. The molecule has 0 unspecified atom stereocenters. The standard InChI is InChI=1S/C67H80N2/c1-7-9-11-13-15-17-19-25-43-67(44-26-20-18-16-14-12-10-8-2)63-47-53(49(3)4)35-41-59(63)60-42-36-56(48-64(60)67)62-46-54(33-39-57-37-31-51-27-21-23-29-65(51)68-57)61(50(5)6)45-55(62)34-40-58-38-32-52-28-22-24-30-66(52)69-58/h21-24,27-42,45-50H,7-20,25-26,43-44H2,1-6H3/b39-33+,40-34+. The molecule has 0 aliphatic heterocycles. The summed E-state index contributed by atoms with van der Waals surface area (Å²) in [6.07, 6.45) is 32.9. The van der Waals surface area contributed by atoms with Gasteiger partial charge in [-0.2, -0.15) is 0 Å². The van der Waals surface area contributed by atoms with Gasteiger partial charge in [0.15, 0.2) is 0 Å². The largest absolute Gasteiger partial charge is 0.248 e. The van der Waals surface area contributed by atoms with Gasteiger partial charge in [0.2, 0.25) is 0 Å². The Morgan fingerprint density at radius 3 is 1.45 bits per heavy atom. The van der Waals surface area contributed by atoms with Crippen LogP contribution in [0.3, 0.4) is 0 Å². The van der Waals surface area contributed by atoms with Crippen molar-refractivity contribution in [2.45, 2.75) is 174 Å². The molecule has 2 heterocycles. The molecule has 0 atom stereocenters. The molecule has 358 valence electrons. The number of nitrogens with zero attached hydrogens (tertiary/aromatic N) is 2. The molecule has 0 radical (unpaired) electrons. The third kappa shape index (κ3) is 12.2. The lowest BCUT2D eigenvalue weighted by atomic mass is 9.69. The van der Waals surface area contributed by atoms with Crippen molar-refractivity contribution in [3.63, 3.8) is 0 Å². The zero-order valence-corrected chi connectivity index (χ0v) is 43.1.